The Bertz CT molecular complexity index is 356. The van der Waals surface area contributed by atoms with Gasteiger partial charge < -0.3 is 15.7 Å². The summed E-state index contributed by atoms with van der Waals surface area (Å²) in [5.41, 5.74) is 7.70. The van der Waals surface area contributed by atoms with E-state index in [0.29, 0.717) is 18.1 Å². The smallest absolute Gasteiger partial charge is 0.0731 e. The Hall–Kier alpha value is -0.770. The van der Waals surface area contributed by atoms with Crippen molar-refractivity contribution < 1.29 is 5.11 Å². The summed E-state index contributed by atoms with van der Waals surface area (Å²) in [5, 5.41) is 10.2. The first-order valence-electron chi connectivity index (χ1n) is 5.13. The normalized spacial score (nSPS) is 21.0. The van der Waals surface area contributed by atoms with Gasteiger partial charge in [0.1, 0.15) is 0 Å². The molecule has 1 unspecified atom stereocenters. The summed E-state index contributed by atoms with van der Waals surface area (Å²) in [7, 11) is 0. The van der Waals surface area contributed by atoms with Crippen molar-refractivity contribution in [2.24, 2.45) is 5.73 Å². The molecule has 3 N–H and O–H groups in total. The summed E-state index contributed by atoms with van der Waals surface area (Å²) in [6, 6.07) is 5.77. The van der Waals surface area contributed by atoms with Gasteiger partial charge in [0.25, 0.3) is 0 Å². The summed E-state index contributed by atoms with van der Waals surface area (Å²) in [4.78, 5) is 2.14. The van der Waals surface area contributed by atoms with Crippen molar-refractivity contribution in [3.63, 3.8) is 0 Å². The van der Waals surface area contributed by atoms with E-state index in [-0.39, 0.29) is 6.10 Å². The summed E-state index contributed by atoms with van der Waals surface area (Å²) >= 11 is 6.08. The zero-order valence-electron chi connectivity index (χ0n) is 8.49. The molecule has 82 valence electrons. The van der Waals surface area contributed by atoms with Crippen LogP contribution >= 0.6 is 11.6 Å². The Kier molecular flexibility index (Phi) is 3.14. The van der Waals surface area contributed by atoms with E-state index < -0.39 is 0 Å². The van der Waals surface area contributed by atoms with Crippen molar-refractivity contribution in [1.82, 2.24) is 0 Å². The van der Waals surface area contributed by atoms with Crippen LogP contribution in [0.25, 0.3) is 0 Å². The number of nitrogens with two attached hydrogens (primary N) is 1. The van der Waals surface area contributed by atoms with Crippen LogP contribution in [0.4, 0.5) is 5.69 Å². The first-order chi connectivity index (χ1) is 7.22. The standard InChI is InChI=1S/C11H15ClN2O/c12-10-2-1-3-11(9(10)6-13)14-5-4-8(15)7-14/h1-3,8,15H,4-7,13H2. The van der Waals surface area contributed by atoms with Gasteiger partial charge in [-0.25, -0.2) is 0 Å². The lowest BCUT2D eigenvalue weighted by Gasteiger charge is -2.21. The van der Waals surface area contributed by atoms with Crippen molar-refractivity contribution in [3.8, 4) is 0 Å². The minimum absolute atomic E-state index is 0.227. The van der Waals surface area contributed by atoms with Crippen molar-refractivity contribution in [2.45, 2.75) is 19.1 Å². The quantitative estimate of drug-likeness (QED) is 0.801. The van der Waals surface area contributed by atoms with Crippen LogP contribution in [0.1, 0.15) is 12.0 Å². The molecule has 1 aliphatic heterocycles. The van der Waals surface area contributed by atoms with Gasteiger partial charge in [-0.3, -0.25) is 0 Å². The number of benzene rings is 1. The number of aliphatic hydroxyl groups excluding tert-OH is 1. The van der Waals surface area contributed by atoms with E-state index in [0.717, 1.165) is 24.2 Å². The number of rotatable bonds is 2. The highest BCUT2D eigenvalue weighted by Gasteiger charge is 2.22. The molecule has 0 bridgehead atoms. The average molecular weight is 227 g/mol. The third-order valence-corrected chi connectivity index (χ3v) is 3.16. The molecule has 1 aromatic carbocycles. The maximum Gasteiger partial charge on any atom is 0.0731 e. The largest absolute Gasteiger partial charge is 0.391 e. The number of hydrogen-bond donors (Lipinski definition) is 2. The third kappa shape index (κ3) is 2.09. The lowest BCUT2D eigenvalue weighted by atomic mass is 10.1. The van der Waals surface area contributed by atoms with Gasteiger partial charge in [-0.15, -0.1) is 0 Å². The lowest BCUT2D eigenvalue weighted by molar-refractivity contribution is 0.198. The summed E-state index contributed by atoms with van der Waals surface area (Å²) < 4.78 is 0. The van der Waals surface area contributed by atoms with E-state index in [4.69, 9.17) is 17.3 Å². The van der Waals surface area contributed by atoms with Crippen LogP contribution in [0.3, 0.4) is 0 Å². The van der Waals surface area contributed by atoms with Crippen LogP contribution in [0.2, 0.25) is 5.02 Å². The van der Waals surface area contributed by atoms with Gasteiger partial charge in [0.15, 0.2) is 0 Å². The molecule has 0 amide bonds. The fourth-order valence-corrected chi connectivity index (χ4v) is 2.25. The fraction of sp³-hybridized carbons (Fsp3) is 0.455. The summed E-state index contributed by atoms with van der Waals surface area (Å²) in [6.45, 7) is 1.98. The van der Waals surface area contributed by atoms with Gasteiger partial charge in [-0.05, 0) is 18.6 Å². The Labute approximate surface area is 94.4 Å². The molecule has 0 radical (unpaired) electrons. The van der Waals surface area contributed by atoms with Crippen LogP contribution in [0.5, 0.6) is 0 Å². The van der Waals surface area contributed by atoms with E-state index in [1.807, 2.05) is 18.2 Å². The second kappa shape index (κ2) is 4.39. The molecule has 0 spiro atoms. The van der Waals surface area contributed by atoms with Crippen LogP contribution in [-0.2, 0) is 6.54 Å². The van der Waals surface area contributed by atoms with Gasteiger partial charge in [0.05, 0.1) is 6.10 Å². The molecule has 15 heavy (non-hydrogen) atoms. The minimum Gasteiger partial charge on any atom is -0.391 e. The maximum atomic E-state index is 9.49. The molecule has 1 heterocycles. The maximum absolute atomic E-state index is 9.49. The number of β-amino-alcohol motifs (C(OH)–C–C–N with tert-alkyl or cyclic N) is 1. The predicted molar refractivity (Wildman–Crippen MR) is 62.2 cm³/mol. The summed E-state index contributed by atoms with van der Waals surface area (Å²) in [6.07, 6.45) is 0.589. The molecule has 1 fully saturated rings. The second-order valence-electron chi connectivity index (χ2n) is 3.83. The number of nitrogens with zero attached hydrogens (tertiary/aromatic N) is 1. The van der Waals surface area contributed by atoms with Gasteiger partial charge in [-0.1, -0.05) is 17.7 Å². The van der Waals surface area contributed by atoms with Crippen LogP contribution in [0.15, 0.2) is 18.2 Å². The van der Waals surface area contributed by atoms with E-state index in [2.05, 4.69) is 4.90 Å². The third-order valence-electron chi connectivity index (χ3n) is 2.80. The highest BCUT2D eigenvalue weighted by atomic mass is 35.5. The Balaban J connectivity index is 2.31. The van der Waals surface area contributed by atoms with Gasteiger partial charge >= 0.3 is 0 Å². The molecule has 0 aromatic heterocycles. The topological polar surface area (TPSA) is 49.5 Å². The number of halogens is 1. The van der Waals surface area contributed by atoms with Crippen molar-refractivity contribution >= 4 is 17.3 Å². The first-order valence-corrected chi connectivity index (χ1v) is 5.50. The van der Waals surface area contributed by atoms with E-state index in [1.54, 1.807) is 0 Å². The SMILES string of the molecule is NCc1c(Cl)cccc1N1CCC(O)C1. The highest BCUT2D eigenvalue weighted by Crippen LogP contribution is 2.29. The van der Waals surface area contributed by atoms with Crippen LogP contribution in [-0.4, -0.2) is 24.3 Å². The highest BCUT2D eigenvalue weighted by molar-refractivity contribution is 6.31. The monoisotopic (exact) mass is 226 g/mol. The molecular weight excluding hydrogens is 212 g/mol. The molecule has 1 aliphatic rings. The minimum atomic E-state index is -0.227. The zero-order chi connectivity index (χ0) is 10.8. The first kappa shape index (κ1) is 10.7. The van der Waals surface area contributed by atoms with Crippen molar-refractivity contribution in [1.29, 1.82) is 0 Å². The Morgan fingerprint density at radius 3 is 2.93 bits per heavy atom. The molecule has 4 heteroatoms. The Morgan fingerprint density at radius 2 is 2.33 bits per heavy atom. The van der Waals surface area contributed by atoms with E-state index in [9.17, 15) is 5.11 Å². The molecule has 0 saturated carbocycles. The average Bonchev–Trinajstić information content (AvgIpc) is 2.64. The second-order valence-corrected chi connectivity index (χ2v) is 4.24. The van der Waals surface area contributed by atoms with E-state index in [1.165, 1.54) is 0 Å². The molecule has 1 saturated heterocycles. The summed E-state index contributed by atoms with van der Waals surface area (Å²) in [5.74, 6) is 0. The lowest BCUT2D eigenvalue weighted by Crippen LogP contribution is -2.23. The number of hydrogen-bond acceptors (Lipinski definition) is 3. The predicted octanol–water partition coefficient (Wildman–Crippen LogP) is 1.37. The van der Waals surface area contributed by atoms with Gasteiger partial charge in [0, 0.05) is 35.9 Å². The Morgan fingerprint density at radius 1 is 1.53 bits per heavy atom. The number of anilines is 1. The van der Waals surface area contributed by atoms with Crippen molar-refractivity contribution in [3.05, 3.63) is 28.8 Å². The van der Waals surface area contributed by atoms with Gasteiger partial charge in [-0.2, -0.15) is 0 Å². The fourth-order valence-electron chi connectivity index (χ4n) is 2.01. The molecule has 3 nitrogen and oxygen atoms in total. The molecule has 0 aliphatic carbocycles. The molecule has 1 aromatic rings. The van der Waals surface area contributed by atoms with Crippen LogP contribution in [0, 0.1) is 0 Å². The van der Waals surface area contributed by atoms with Crippen molar-refractivity contribution in [2.75, 3.05) is 18.0 Å². The zero-order valence-corrected chi connectivity index (χ0v) is 9.24. The van der Waals surface area contributed by atoms with Gasteiger partial charge in [0.2, 0.25) is 0 Å². The molecule has 1 atom stereocenters. The van der Waals surface area contributed by atoms with Crippen LogP contribution < -0.4 is 10.6 Å². The molecule has 2 rings (SSSR count). The molecular formula is C11H15ClN2O. The van der Waals surface area contributed by atoms with E-state index >= 15 is 0 Å². The number of aliphatic hydroxyl groups is 1.